The first-order valence-electron chi connectivity index (χ1n) is 9.86. The molecule has 2 heterocycles. The van der Waals surface area contributed by atoms with Crippen LogP contribution in [0.3, 0.4) is 0 Å². The van der Waals surface area contributed by atoms with E-state index in [0.29, 0.717) is 18.1 Å². The Morgan fingerprint density at radius 2 is 2.00 bits per heavy atom. The maximum atomic E-state index is 12.4. The summed E-state index contributed by atoms with van der Waals surface area (Å²) in [5.41, 5.74) is 2.34. The molecule has 0 bridgehead atoms. The summed E-state index contributed by atoms with van der Waals surface area (Å²) >= 11 is 6.03. The number of nitrogens with one attached hydrogen (secondary N) is 3. The van der Waals surface area contributed by atoms with Gasteiger partial charge in [-0.05, 0) is 44.2 Å². The highest BCUT2D eigenvalue weighted by Crippen LogP contribution is 2.25. The summed E-state index contributed by atoms with van der Waals surface area (Å²) in [5.74, 6) is -0.193. The van der Waals surface area contributed by atoms with Gasteiger partial charge in [0.25, 0.3) is 5.91 Å². The molecule has 0 aromatic carbocycles. The van der Waals surface area contributed by atoms with Crippen molar-refractivity contribution in [1.29, 1.82) is 0 Å². The van der Waals surface area contributed by atoms with E-state index >= 15 is 0 Å². The van der Waals surface area contributed by atoms with Crippen molar-refractivity contribution >= 4 is 29.1 Å². The molecule has 0 saturated heterocycles. The Morgan fingerprint density at radius 1 is 1.24 bits per heavy atom. The summed E-state index contributed by atoms with van der Waals surface area (Å²) in [6, 6.07) is 1.96. The van der Waals surface area contributed by atoms with Crippen LogP contribution in [-0.4, -0.2) is 45.7 Å². The lowest BCUT2D eigenvalue weighted by atomic mass is 9.85. The largest absolute Gasteiger partial charge is 0.383 e. The second-order valence-electron chi connectivity index (χ2n) is 7.43. The van der Waals surface area contributed by atoms with E-state index in [4.69, 9.17) is 11.6 Å². The average Bonchev–Trinajstić information content (AvgIpc) is 3.05. The van der Waals surface area contributed by atoms with Gasteiger partial charge in [-0.15, -0.1) is 0 Å². The summed E-state index contributed by atoms with van der Waals surface area (Å²) in [4.78, 5) is 28.8. The molecule has 1 aliphatic carbocycles. The quantitative estimate of drug-likeness (QED) is 0.599. The molecule has 1 saturated carbocycles. The minimum absolute atomic E-state index is 0.00995. The van der Waals surface area contributed by atoms with E-state index in [1.807, 2.05) is 13.0 Å². The average molecular weight is 419 g/mol. The maximum Gasteiger partial charge on any atom is 0.273 e. The molecule has 8 nitrogen and oxygen atoms in total. The van der Waals surface area contributed by atoms with Gasteiger partial charge in [0, 0.05) is 56.4 Å². The van der Waals surface area contributed by atoms with Crippen molar-refractivity contribution in [3.8, 4) is 0 Å². The predicted molar refractivity (Wildman–Crippen MR) is 112 cm³/mol. The van der Waals surface area contributed by atoms with Crippen LogP contribution in [0.15, 0.2) is 24.7 Å². The van der Waals surface area contributed by atoms with Gasteiger partial charge in [0.15, 0.2) is 5.69 Å². The van der Waals surface area contributed by atoms with Crippen molar-refractivity contribution in [2.75, 3.05) is 18.4 Å². The number of pyridine rings is 1. The molecule has 2 aromatic rings. The van der Waals surface area contributed by atoms with Crippen LogP contribution in [0.5, 0.6) is 0 Å². The summed E-state index contributed by atoms with van der Waals surface area (Å²) < 4.78 is 1.52. The molecular weight excluding hydrogens is 392 g/mol. The first-order chi connectivity index (χ1) is 13.9. The van der Waals surface area contributed by atoms with Crippen LogP contribution in [0, 0.1) is 12.8 Å². The zero-order chi connectivity index (χ0) is 20.8. The molecule has 0 spiro atoms. The number of anilines is 1. The van der Waals surface area contributed by atoms with E-state index in [9.17, 15) is 9.59 Å². The highest BCUT2D eigenvalue weighted by molar-refractivity contribution is 6.33. The van der Waals surface area contributed by atoms with Crippen molar-refractivity contribution in [2.45, 2.75) is 38.6 Å². The Labute approximate surface area is 175 Å². The lowest BCUT2D eigenvalue weighted by molar-refractivity contribution is -0.125. The Morgan fingerprint density at radius 3 is 2.66 bits per heavy atom. The molecule has 3 N–H and O–H groups in total. The van der Waals surface area contributed by atoms with Crippen molar-refractivity contribution < 1.29 is 9.59 Å². The fourth-order valence-electron chi connectivity index (χ4n) is 3.57. The standard InChI is InChI=1S/C20H27ClN6O2/c1-13-11-22-8-7-17(13)23-9-10-24-19(28)14-3-5-15(6-4-14)25-20(29)18-16(21)12-27(2)26-18/h7-8,11-12,14-15H,3-6,9-10H2,1-2H3,(H,22,23)(H,24,28)(H,25,29). The summed E-state index contributed by atoms with van der Waals surface area (Å²) in [5, 5.41) is 13.7. The first-order valence-corrected chi connectivity index (χ1v) is 10.2. The fourth-order valence-corrected chi connectivity index (χ4v) is 3.83. The Kier molecular flexibility index (Phi) is 7.09. The van der Waals surface area contributed by atoms with Gasteiger partial charge < -0.3 is 16.0 Å². The van der Waals surface area contributed by atoms with E-state index in [1.54, 1.807) is 25.6 Å². The number of carbonyl (C=O) groups excluding carboxylic acids is 2. The molecule has 0 aliphatic heterocycles. The van der Waals surface area contributed by atoms with E-state index < -0.39 is 0 Å². The Balaban J connectivity index is 1.36. The number of aromatic nitrogens is 3. The summed E-state index contributed by atoms with van der Waals surface area (Å²) in [6.07, 6.45) is 8.19. The van der Waals surface area contributed by atoms with Crippen LogP contribution < -0.4 is 16.0 Å². The molecule has 0 unspecified atom stereocenters. The van der Waals surface area contributed by atoms with Crippen molar-refractivity contribution in [2.24, 2.45) is 13.0 Å². The van der Waals surface area contributed by atoms with E-state index in [0.717, 1.165) is 36.9 Å². The number of aryl methyl sites for hydroxylation is 2. The Hall–Kier alpha value is -2.61. The van der Waals surface area contributed by atoms with Gasteiger partial charge in [-0.1, -0.05) is 11.6 Å². The van der Waals surface area contributed by atoms with Crippen LogP contribution in [0.1, 0.15) is 41.7 Å². The third-order valence-corrected chi connectivity index (χ3v) is 5.47. The minimum atomic E-state index is -0.263. The van der Waals surface area contributed by atoms with E-state index in [1.165, 1.54) is 4.68 Å². The smallest absolute Gasteiger partial charge is 0.273 e. The van der Waals surface area contributed by atoms with E-state index in [-0.39, 0.29) is 29.5 Å². The van der Waals surface area contributed by atoms with Crippen LogP contribution in [-0.2, 0) is 11.8 Å². The van der Waals surface area contributed by atoms with Gasteiger partial charge in [0.1, 0.15) is 0 Å². The summed E-state index contributed by atoms with van der Waals surface area (Å²) in [7, 11) is 1.72. The molecule has 1 aliphatic rings. The van der Waals surface area contributed by atoms with Crippen LogP contribution in [0.4, 0.5) is 5.69 Å². The van der Waals surface area contributed by atoms with Crippen LogP contribution in [0.2, 0.25) is 5.02 Å². The topological polar surface area (TPSA) is 101 Å². The monoisotopic (exact) mass is 418 g/mol. The van der Waals surface area contributed by atoms with Gasteiger partial charge >= 0.3 is 0 Å². The van der Waals surface area contributed by atoms with Gasteiger partial charge in [-0.25, -0.2) is 0 Å². The number of hydrogen-bond donors (Lipinski definition) is 3. The van der Waals surface area contributed by atoms with Crippen molar-refractivity contribution in [3.05, 3.63) is 40.9 Å². The highest BCUT2D eigenvalue weighted by atomic mass is 35.5. The zero-order valence-electron chi connectivity index (χ0n) is 16.7. The second kappa shape index (κ2) is 9.73. The Bertz CT molecular complexity index is 860. The second-order valence-corrected chi connectivity index (χ2v) is 7.84. The van der Waals surface area contributed by atoms with Gasteiger partial charge in [-0.3, -0.25) is 19.3 Å². The molecule has 0 atom stereocenters. The van der Waals surface area contributed by atoms with Gasteiger partial charge in [-0.2, -0.15) is 5.10 Å². The van der Waals surface area contributed by atoms with E-state index in [2.05, 4.69) is 26.0 Å². The fraction of sp³-hybridized carbons (Fsp3) is 0.500. The predicted octanol–water partition coefficient (Wildman–Crippen LogP) is 2.29. The number of nitrogens with zero attached hydrogens (tertiary/aromatic N) is 3. The molecule has 156 valence electrons. The number of rotatable bonds is 7. The number of halogens is 1. The maximum absolute atomic E-state index is 12.4. The molecule has 2 amide bonds. The molecule has 9 heteroatoms. The lowest BCUT2D eigenvalue weighted by Gasteiger charge is -2.28. The van der Waals surface area contributed by atoms with Crippen LogP contribution >= 0.6 is 11.6 Å². The lowest BCUT2D eigenvalue weighted by Crippen LogP contribution is -2.41. The number of hydrogen-bond acceptors (Lipinski definition) is 5. The minimum Gasteiger partial charge on any atom is -0.383 e. The normalized spacial score (nSPS) is 18.9. The van der Waals surface area contributed by atoms with Crippen molar-refractivity contribution in [1.82, 2.24) is 25.4 Å². The van der Waals surface area contributed by atoms with Crippen LogP contribution in [0.25, 0.3) is 0 Å². The molecule has 3 rings (SSSR count). The highest BCUT2D eigenvalue weighted by Gasteiger charge is 2.28. The SMILES string of the molecule is Cc1cnccc1NCCNC(=O)C1CCC(NC(=O)c2nn(C)cc2Cl)CC1. The molecule has 2 aromatic heterocycles. The zero-order valence-corrected chi connectivity index (χ0v) is 17.5. The number of carbonyl (C=O) groups is 2. The molecule has 0 radical (unpaired) electrons. The number of amides is 2. The third-order valence-electron chi connectivity index (χ3n) is 5.19. The molecule has 29 heavy (non-hydrogen) atoms. The van der Waals surface area contributed by atoms with Crippen molar-refractivity contribution in [3.63, 3.8) is 0 Å². The first kappa shape index (κ1) is 21.1. The molecule has 1 fully saturated rings. The third kappa shape index (κ3) is 5.69. The van der Waals surface area contributed by atoms with Gasteiger partial charge in [0.05, 0.1) is 5.02 Å². The summed E-state index contributed by atoms with van der Waals surface area (Å²) in [6.45, 7) is 3.22. The molecular formula is C20H27ClN6O2. The van der Waals surface area contributed by atoms with Gasteiger partial charge in [0.2, 0.25) is 5.91 Å².